The van der Waals surface area contributed by atoms with Gasteiger partial charge in [-0.2, -0.15) is 0 Å². The summed E-state index contributed by atoms with van der Waals surface area (Å²) in [4.78, 5) is 1.95. The van der Waals surface area contributed by atoms with Gasteiger partial charge in [0, 0.05) is 24.7 Å². The summed E-state index contributed by atoms with van der Waals surface area (Å²) in [5.41, 5.74) is 2.50. The van der Waals surface area contributed by atoms with Crippen LogP contribution in [0.5, 0.6) is 11.5 Å². The minimum absolute atomic E-state index is 0.113. The lowest BCUT2D eigenvalue weighted by Crippen LogP contribution is -2.42. The van der Waals surface area contributed by atoms with Gasteiger partial charge in [-0.3, -0.25) is 0 Å². The van der Waals surface area contributed by atoms with Gasteiger partial charge < -0.3 is 20.4 Å². The van der Waals surface area contributed by atoms with E-state index in [1.54, 1.807) is 0 Å². The second-order valence-corrected chi connectivity index (χ2v) is 7.32. The molecule has 1 heterocycles. The molecule has 0 radical (unpaired) electrons. The van der Waals surface area contributed by atoms with Crippen molar-refractivity contribution in [3.05, 3.63) is 56.0 Å². The highest BCUT2D eigenvalue weighted by atomic mass is 35.5. The Morgan fingerprint density at radius 2 is 1.64 bits per heavy atom. The highest BCUT2D eigenvalue weighted by Gasteiger charge is 2.27. The van der Waals surface area contributed by atoms with E-state index in [0.29, 0.717) is 41.8 Å². The standard InChI is InChI=1S/C17H15Cl3N2O2S/c18-10-3-1-9(2-4-10)7-21-17(25)22-6-5-11-12(8-22)14(20)16(24)15(23)13(11)19/h1-4,23-24H,5-8H2,(H,21,25). The zero-order chi connectivity index (χ0) is 18.1. The lowest BCUT2D eigenvalue weighted by atomic mass is 9.98. The minimum atomic E-state index is -0.396. The molecule has 8 heteroatoms. The van der Waals surface area contributed by atoms with Gasteiger partial charge in [0.15, 0.2) is 16.6 Å². The van der Waals surface area contributed by atoms with Crippen LogP contribution in [0.3, 0.4) is 0 Å². The smallest absolute Gasteiger partial charge is 0.178 e. The summed E-state index contributed by atoms with van der Waals surface area (Å²) in [7, 11) is 0. The van der Waals surface area contributed by atoms with E-state index in [1.807, 2.05) is 29.2 Å². The Labute approximate surface area is 165 Å². The summed E-state index contributed by atoms with van der Waals surface area (Å²) in [5.74, 6) is -0.769. The van der Waals surface area contributed by atoms with Crippen molar-refractivity contribution in [1.29, 1.82) is 0 Å². The molecule has 2 aromatic rings. The Hall–Kier alpha value is -1.40. The van der Waals surface area contributed by atoms with E-state index >= 15 is 0 Å². The van der Waals surface area contributed by atoms with E-state index in [1.165, 1.54) is 0 Å². The maximum absolute atomic E-state index is 9.90. The van der Waals surface area contributed by atoms with Crippen molar-refractivity contribution in [2.45, 2.75) is 19.5 Å². The van der Waals surface area contributed by atoms with Gasteiger partial charge in [0.05, 0.1) is 10.0 Å². The Kier molecular flexibility index (Phi) is 5.49. The predicted octanol–water partition coefficient (Wildman–Crippen LogP) is 4.49. The Balaban J connectivity index is 1.72. The molecule has 0 bridgehead atoms. The first kappa shape index (κ1) is 18.4. The summed E-state index contributed by atoms with van der Waals surface area (Å²) in [6, 6.07) is 7.52. The third kappa shape index (κ3) is 3.75. The molecule has 0 aliphatic carbocycles. The molecule has 2 aromatic carbocycles. The molecule has 1 aliphatic rings. The molecular weight excluding hydrogens is 403 g/mol. The molecule has 25 heavy (non-hydrogen) atoms. The highest BCUT2D eigenvalue weighted by Crippen LogP contribution is 2.46. The zero-order valence-corrected chi connectivity index (χ0v) is 16.1. The van der Waals surface area contributed by atoms with E-state index in [9.17, 15) is 10.2 Å². The maximum Gasteiger partial charge on any atom is 0.178 e. The number of phenolic OH excluding ortho intramolecular Hbond substituents is 2. The number of phenols is 2. The largest absolute Gasteiger partial charge is 0.503 e. The molecule has 0 unspecified atom stereocenters. The SMILES string of the molecule is Oc1c(O)c(Cl)c2c(c1Cl)CCN(C(=S)NCc1ccc(Cl)cc1)C2. The van der Waals surface area contributed by atoms with Crippen molar-refractivity contribution in [2.24, 2.45) is 0 Å². The van der Waals surface area contributed by atoms with Crippen molar-refractivity contribution in [3.8, 4) is 11.5 Å². The number of nitrogens with zero attached hydrogens (tertiary/aromatic N) is 1. The van der Waals surface area contributed by atoms with E-state index in [4.69, 9.17) is 47.0 Å². The quantitative estimate of drug-likeness (QED) is 0.496. The molecule has 0 fully saturated rings. The molecule has 1 aliphatic heterocycles. The van der Waals surface area contributed by atoms with Gasteiger partial charge in [-0.1, -0.05) is 46.9 Å². The summed E-state index contributed by atoms with van der Waals surface area (Å²) < 4.78 is 0. The first-order valence-corrected chi connectivity index (χ1v) is 9.10. The topological polar surface area (TPSA) is 55.7 Å². The number of rotatable bonds is 2. The average molecular weight is 418 g/mol. The highest BCUT2D eigenvalue weighted by molar-refractivity contribution is 7.80. The molecule has 0 saturated carbocycles. The lowest BCUT2D eigenvalue weighted by Gasteiger charge is -2.32. The fourth-order valence-corrected chi connectivity index (χ4v) is 3.68. The fraction of sp³-hybridized carbons (Fsp3) is 0.235. The number of fused-ring (bicyclic) bond motifs is 1. The monoisotopic (exact) mass is 416 g/mol. The lowest BCUT2D eigenvalue weighted by molar-refractivity contribution is 0.375. The second kappa shape index (κ2) is 7.46. The number of halogens is 3. The maximum atomic E-state index is 9.90. The first-order valence-electron chi connectivity index (χ1n) is 7.56. The van der Waals surface area contributed by atoms with Crippen LogP contribution in [0.15, 0.2) is 24.3 Å². The van der Waals surface area contributed by atoms with Crippen molar-refractivity contribution in [3.63, 3.8) is 0 Å². The van der Waals surface area contributed by atoms with Crippen LogP contribution in [0.4, 0.5) is 0 Å². The molecule has 0 saturated heterocycles. The van der Waals surface area contributed by atoms with E-state index in [-0.39, 0.29) is 15.8 Å². The number of benzene rings is 2. The van der Waals surface area contributed by atoms with Crippen LogP contribution in [-0.2, 0) is 19.5 Å². The van der Waals surface area contributed by atoms with Crippen LogP contribution in [0.25, 0.3) is 0 Å². The summed E-state index contributed by atoms with van der Waals surface area (Å²) >= 11 is 23.6. The molecule has 0 amide bonds. The van der Waals surface area contributed by atoms with Crippen molar-refractivity contribution in [2.75, 3.05) is 6.54 Å². The van der Waals surface area contributed by atoms with Gasteiger partial charge in [-0.25, -0.2) is 0 Å². The summed E-state index contributed by atoms with van der Waals surface area (Å²) in [6.07, 6.45) is 0.574. The zero-order valence-electron chi connectivity index (χ0n) is 13.0. The van der Waals surface area contributed by atoms with Crippen LogP contribution < -0.4 is 5.32 Å². The number of hydrogen-bond donors (Lipinski definition) is 3. The Bertz CT molecular complexity index is 828. The normalized spacial score (nSPS) is 13.5. The molecule has 3 N–H and O–H groups in total. The average Bonchev–Trinajstić information content (AvgIpc) is 2.63. The number of hydrogen-bond acceptors (Lipinski definition) is 3. The van der Waals surface area contributed by atoms with Crippen molar-refractivity contribution < 1.29 is 10.2 Å². The van der Waals surface area contributed by atoms with Crippen LogP contribution >= 0.6 is 47.0 Å². The second-order valence-electron chi connectivity index (χ2n) is 5.74. The molecule has 0 atom stereocenters. The van der Waals surface area contributed by atoms with Gasteiger partial charge >= 0.3 is 0 Å². The van der Waals surface area contributed by atoms with Gasteiger partial charge in [0.2, 0.25) is 0 Å². The van der Waals surface area contributed by atoms with Crippen molar-refractivity contribution >= 4 is 52.1 Å². The fourth-order valence-electron chi connectivity index (χ4n) is 2.77. The van der Waals surface area contributed by atoms with Crippen LogP contribution in [-0.4, -0.2) is 26.8 Å². The van der Waals surface area contributed by atoms with E-state index < -0.39 is 5.75 Å². The molecule has 4 nitrogen and oxygen atoms in total. The molecule has 132 valence electrons. The van der Waals surface area contributed by atoms with E-state index in [0.717, 1.165) is 11.1 Å². The molecule has 0 aromatic heterocycles. The van der Waals surface area contributed by atoms with E-state index in [2.05, 4.69) is 5.32 Å². The summed E-state index contributed by atoms with van der Waals surface area (Å²) in [6.45, 7) is 1.63. The molecule has 3 rings (SSSR count). The van der Waals surface area contributed by atoms with Crippen LogP contribution in [0.1, 0.15) is 16.7 Å². The molecular formula is C17H15Cl3N2O2S. The van der Waals surface area contributed by atoms with Crippen molar-refractivity contribution in [1.82, 2.24) is 10.2 Å². The minimum Gasteiger partial charge on any atom is -0.503 e. The Morgan fingerprint density at radius 1 is 1.04 bits per heavy atom. The molecule has 0 spiro atoms. The number of nitrogens with one attached hydrogen (secondary N) is 1. The van der Waals surface area contributed by atoms with Gasteiger partial charge in [0.1, 0.15) is 0 Å². The Morgan fingerprint density at radius 3 is 2.28 bits per heavy atom. The van der Waals surface area contributed by atoms with Gasteiger partial charge in [-0.15, -0.1) is 0 Å². The van der Waals surface area contributed by atoms with Gasteiger partial charge in [0.25, 0.3) is 0 Å². The first-order chi connectivity index (χ1) is 11.9. The number of thiocarbonyl (C=S) groups is 1. The third-order valence-corrected chi connectivity index (χ3v) is 5.63. The van der Waals surface area contributed by atoms with Crippen LogP contribution in [0.2, 0.25) is 15.1 Å². The predicted molar refractivity (Wildman–Crippen MR) is 105 cm³/mol. The van der Waals surface area contributed by atoms with Gasteiger partial charge in [-0.05, 0) is 47.5 Å². The summed E-state index contributed by atoms with van der Waals surface area (Å²) in [5, 5.41) is 24.5. The third-order valence-electron chi connectivity index (χ3n) is 4.16. The number of aromatic hydroxyl groups is 2. The van der Waals surface area contributed by atoms with Crippen LogP contribution in [0, 0.1) is 0 Å².